The van der Waals surface area contributed by atoms with E-state index < -0.39 is 0 Å². The van der Waals surface area contributed by atoms with Gasteiger partial charge >= 0.3 is 0 Å². The van der Waals surface area contributed by atoms with E-state index in [0.717, 1.165) is 31.9 Å². The number of hydrogen-bond donors (Lipinski definition) is 0. The summed E-state index contributed by atoms with van der Waals surface area (Å²) in [6.07, 6.45) is 3.84. The summed E-state index contributed by atoms with van der Waals surface area (Å²) in [5.41, 5.74) is 8.64. The van der Waals surface area contributed by atoms with Crippen molar-refractivity contribution < 1.29 is 0 Å². The van der Waals surface area contributed by atoms with Crippen LogP contribution in [0.15, 0.2) is 69.4 Å². The summed E-state index contributed by atoms with van der Waals surface area (Å²) >= 11 is 2.98. The first-order valence-corrected chi connectivity index (χ1v) is 14.7. The Bertz CT molecular complexity index is 1850. The third-order valence-electron chi connectivity index (χ3n) is 7.56. The van der Waals surface area contributed by atoms with Crippen molar-refractivity contribution in [1.82, 2.24) is 19.1 Å². The number of benzene rings is 2. The average molecular weight is 553 g/mol. The minimum Gasteiger partial charge on any atom is -0.299 e. The minimum absolute atomic E-state index is 0.0507. The molecule has 4 aromatic heterocycles. The third-order valence-corrected chi connectivity index (χ3v) is 9.33. The van der Waals surface area contributed by atoms with Crippen LogP contribution in [0.4, 0.5) is 0 Å². The molecule has 0 spiro atoms. The van der Waals surface area contributed by atoms with Gasteiger partial charge in [-0.15, -0.1) is 22.7 Å². The van der Waals surface area contributed by atoms with E-state index in [2.05, 4.69) is 74.1 Å². The Labute approximate surface area is 233 Å². The molecule has 0 aliphatic rings. The molecular weight excluding hydrogens is 525 g/mol. The van der Waals surface area contributed by atoms with E-state index >= 15 is 0 Å². The molecular formula is C31H28N4O2S2. The Morgan fingerprint density at radius 1 is 0.641 bits per heavy atom. The molecule has 0 aliphatic heterocycles. The molecule has 0 unspecified atom stereocenters. The first-order valence-electron chi connectivity index (χ1n) is 12.9. The van der Waals surface area contributed by atoms with Gasteiger partial charge in [-0.1, -0.05) is 36.4 Å². The van der Waals surface area contributed by atoms with Gasteiger partial charge in [0, 0.05) is 35.0 Å². The second-order valence-corrected chi connectivity index (χ2v) is 11.8. The number of hydrogen-bond acceptors (Lipinski definition) is 6. The Kier molecular flexibility index (Phi) is 6.53. The van der Waals surface area contributed by atoms with Crippen LogP contribution in [-0.2, 0) is 13.1 Å². The number of fused-ring (bicyclic) bond motifs is 2. The zero-order valence-electron chi connectivity index (χ0n) is 22.3. The zero-order valence-corrected chi connectivity index (χ0v) is 23.9. The Morgan fingerprint density at radius 3 is 1.49 bits per heavy atom. The molecule has 6 rings (SSSR count). The molecule has 0 amide bonds. The SMILES string of the molecule is Cc1ccc(-c2csc3ncn(CCCn4cnc5scc(-c6ccc(C)c(C)c6)c5c4=O)c(=O)c23)cc1C. The third kappa shape index (κ3) is 4.53. The van der Waals surface area contributed by atoms with Crippen molar-refractivity contribution in [2.24, 2.45) is 0 Å². The lowest BCUT2D eigenvalue weighted by atomic mass is 10.0. The van der Waals surface area contributed by atoms with Crippen molar-refractivity contribution in [2.75, 3.05) is 0 Å². The van der Waals surface area contributed by atoms with Gasteiger partial charge in [0.05, 0.1) is 23.4 Å². The maximum absolute atomic E-state index is 13.5. The smallest absolute Gasteiger partial charge is 0.262 e. The zero-order chi connectivity index (χ0) is 27.3. The van der Waals surface area contributed by atoms with E-state index in [-0.39, 0.29) is 11.1 Å². The average Bonchev–Trinajstić information content (AvgIpc) is 3.55. The van der Waals surface area contributed by atoms with Crippen LogP contribution in [0.2, 0.25) is 0 Å². The lowest BCUT2D eigenvalue weighted by Gasteiger charge is -2.09. The predicted octanol–water partition coefficient (Wildman–Crippen LogP) is 6.89. The van der Waals surface area contributed by atoms with Crippen LogP contribution < -0.4 is 11.1 Å². The molecule has 6 nitrogen and oxygen atoms in total. The quantitative estimate of drug-likeness (QED) is 0.226. The van der Waals surface area contributed by atoms with E-state index in [0.29, 0.717) is 30.3 Å². The van der Waals surface area contributed by atoms with Crippen LogP contribution in [0.3, 0.4) is 0 Å². The molecule has 8 heteroatoms. The molecule has 6 aromatic rings. The normalized spacial score (nSPS) is 11.6. The van der Waals surface area contributed by atoms with Gasteiger partial charge in [-0.2, -0.15) is 0 Å². The van der Waals surface area contributed by atoms with Crippen molar-refractivity contribution in [2.45, 2.75) is 47.2 Å². The maximum Gasteiger partial charge on any atom is 0.262 e. The molecule has 4 heterocycles. The van der Waals surface area contributed by atoms with Gasteiger partial charge in [0.15, 0.2) is 0 Å². The minimum atomic E-state index is -0.0507. The fraction of sp³-hybridized carbons (Fsp3) is 0.226. The molecule has 0 N–H and O–H groups in total. The summed E-state index contributed by atoms with van der Waals surface area (Å²) in [5, 5.41) is 5.34. The number of rotatable bonds is 6. The lowest BCUT2D eigenvalue weighted by molar-refractivity contribution is 0.539. The summed E-state index contributed by atoms with van der Waals surface area (Å²) in [6, 6.07) is 12.5. The molecule has 196 valence electrons. The van der Waals surface area contributed by atoms with Crippen LogP contribution in [0.1, 0.15) is 28.7 Å². The predicted molar refractivity (Wildman–Crippen MR) is 162 cm³/mol. The summed E-state index contributed by atoms with van der Waals surface area (Å²) in [7, 11) is 0. The highest BCUT2D eigenvalue weighted by Gasteiger charge is 2.16. The molecule has 39 heavy (non-hydrogen) atoms. The lowest BCUT2D eigenvalue weighted by Crippen LogP contribution is -2.24. The Hall–Kier alpha value is -3.88. The van der Waals surface area contributed by atoms with Crippen LogP contribution in [0, 0.1) is 27.7 Å². The topological polar surface area (TPSA) is 69.8 Å². The highest BCUT2D eigenvalue weighted by molar-refractivity contribution is 7.17. The van der Waals surface area contributed by atoms with E-state index in [1.165, 1.54) is 44.9 Å². The number of nitrogens with zero attached hydrogens (tertiary/aromatic N) is 4. The molecule has 0 bridgehead atoms. The van der Waals surface area contributed by atoms with Crippen LogP contribution in [0.25, 0.3) is 42.7 Å². The van der Waals surface area contributed by atoms with Crippen molar-refractivity contribution in [3.8, 4) is 22.3 Å². The summed E-state index contributed by atoms with van der Waals surface area (Å²) in [4.78, 5) is 37.6. The van der Waals surface area contributed by atoms with Gasteiger partial charge in [-0.3, -0.25) is 18.7 Å². The van der Waals surface area contributed by atoms with Crippen LogP contribution >= 0.6 is 22.7 Å². The highest BCUT2D eigenvalue weighted by Crippen LogP contribution is 2.33. The Morgan fingerprint density at radius 2 is 1.08 bits per heavy atom. The van der Waals surface area contributed by atoms with Crippen molar-refractivity contribution in [1.29, 1.82) is 0 Å². The van der Waals surface area contributed by atoms with Crippen LogP contribution in [0.5, 0.6) is 0 Å². The monoisotopic (exact) mass is 552 g/mol. The molecule has 0 atom stereocenters. The van der Waals surface area contributed by atoms with Gasteiger partial charge in [0.1, 0.15) is 9.66 Å². The van der Waals surface area contributed by atoms with Crippen molar-refractivity contribution in [3.63, 3.8) is 0 Å². The molecule has 0 saturated carbocycles. The first kappa shape index (κ1) is 25.4. The van der Waals surface area contributed by atoms with E-state index in [9.17, 15) is 9.59 Å². The molecule has 0 saturated heterocycles. The van der Waals surface area contributed by atoms with Gasteiger partial charge in [-0.05, 0) is 67.5 Å². The fourth-order valence-electron chi connectivity index (χ4n) is 4.91. The van der Waals surface area contributed by atoms with Gasteiger partial charge in [0.2, 0.25) is 0 Å². The van der Waals surface area contributed by atoms with E-state index in [4.69, 9.17) is 0 Å². The summed E-state index contributed by atoms with van der Waals surface area (Å²) in [5.74, 6) is 0. The summed E-state index contributed by atoms with van der Waals surface area (Å²) in [6.45, 7) is 9.25. The number of aryl methyl sites for hydroxylation is 6. The summed E-state index contributed by atoms with van der Waals surface area (Å²) < 4.78 is 3.31. The number of aromatic nitrogens is 4. The number of thiophene rings is 2. The largest absolute Gasteiger partial charge is 0.299 e. The Balaban J connectivity index is 1.27. The van der Waals surface area contributed by atoms with E-state index in [1.54, 1.807) is 21.8 Å². The first-order chi connectivity index (χ1) is 18.8. The highest BCUT2D eigenvalue weighted by atomic mass is 32.1. The van der Waals surface area contributed by atoms with Crippen LogP contribution in [-0.4, -0.2) is 19.1 Å². The van der Waals surface area contributed by atoms with Gasteiger partial charge < -0.3 is 0 Å². The fourth-order valence-corrected chi connectivity index (χ4v) is 6.72. The molecule has 0 fully saturated rings. The molecule has 0 aliphatic carbocycles. The van der Waals surface area contributed by atoms with Gasteiger partial charge in [-0.25, -0.2) is 9.97 Å². The molecule has 2 aromatic carbocycles. The second-order valence-electron chi connectivity index (χ2n) is 10.1. The maximum atomic E-state index is 13.5. The van der Waals surface area contributed by atoms with Crippen molar-refractivity contribution in [3.05, 3.63) is 103 Å². The van der Waals surface area contributed by atoms with E-state index in [1.807, 2.05) is 10.8 Å². The van der Waals surface area contributed by atoms with Gasteiger partial charge in [0.25, 0.3) is 11.1 Å². The standard InChI is InChI=1S/C31H28N4O2S2/c1-18-6-8-22(12-20(18)3)24-14-38-28-26(24)30(36)34(16-32-28)10-5-11-35-17-33-29-27(31(35)37)25(15-39-29)23-9-7-19(2)21(4)13-23/h6-9,12-17H,5,10-11H2,1-4H3. The van der Waals surface area contributed by atoms with Crippen molar-refractivity contribution >= 4 is 43.1 Å². The second kappa shape index (κ2) is 10.0. The molecule has 0 radical (unpaired) electrons.